The van der Waals surface area contributed by atoms with Gasteiger partial charge in [-0.15, -0.1) is 0 Å². The van der Waals surface area contributed by atoms with E-state index in [1.165, 1.54) is 0 Å². The second-order valence-corrected chi connectivity index (χ2v) is 11.0. The van der Waals surface area contributed by atoms with Gasteiger partial charge in [0.15, 0.2) is 6.04 Å². The van der Waals surface area contributed by atoms with Crippen LogP contribution in [0.3, 0.4) is 0 Å². The number of imide groups is 1. The van der Waals surface area contributed by atoms with Crippen LogP contribution in [0.1, 0.15) is 75.2 Å². The molecule has 2 amide bonds. The van der Waals surface area contributed by atoms with Gasteiger partial charge in [-0.05, 0) is 61.8 Å². The van der Waals surface area contributed by atoms with Gasteiger partial charge >= 0.3 is 18.2 Å². The predicted molar refractivity (Wildman–Crippen MR) is 134 cm³/mol. The Bertz CT molecular complexity index is 725. The van der Waals surface area contributed by atoms with E-state index in [-0.39, 0.29) is 19.8 Å². The number of ether oxygens (including phenoxy) is 6. The molecule has 1 rings (SSSR count). The number of hydrogen-bond acceptors (Lipinski definition) is 9. The summed E-state index contributed by atoms with van der Waals surface area (Å²) >= 11 is 0. The van der Waals surface area contributed by atoms with Crippen molar-refractivity contribution in [2.24, 2.45) is 0 Å². The van der Waals surface area contributed by atoms with Crippen molar-refractivity contribution in [1.82, 2.24) is 4.90 Å². The number of hydrogen-bond donors (Lipinski definition) is 0. The number of amides is 2. The Morgan fingerprint density at radius 1 is 1.03 bits per heavy atom. The molecular formula is C26H45NO9. The van der Waals surface area contributed by atoms with Crippen LogP contribution >= 0.6 is 0 Å². The van der Waals surface area contributed by atoms with Gasteiger partial charge in [0, 0.05) is 6.61 Å². The lowest BCUT2D eigenvalue weighted by Gasteiger charge is -2.32. The lowest BCUT2D eigenvalue weighted by atomic mass is 10.1. The summed E-state index contributed by atoms with van der Waals surface area (Å²) in [6.45, 7) is 19.8. The summed E-state index contributed by atoms with van der Waals surface area (Å²) in [5.74, 6) is -0.850. The summed E-state index contributed by atoms with van der Waals surface area (Å²) in [6.07, 6.45) is -2.28. The molecule has 10 nitrogen and oxygen atoms in total. The minimum Gasteiger partial charge on any atom is -0.458 e. The summed E-state index contributed by atoms with van der Waals surface area (Å²) in [4.78, 5) is 40.0. The first-order valence-electron chi connectivity index (χ1n) is 12.5. The number of unbranched alkanes of at least 4 members (excludes halogenated alkanes) is 1. The molecular weight excluding hydrogens is 470 g/mol. The van der Waals surface area contributed by atoms with Crippen LogP contribution in [0.15, 0.2) is 12.2 Å². The first kappa shape index (κ1) is 31.9. The monoisotopic (exact) mass is 515 g/mol. The van der Waals surface area contributed by atoms with Gasteiger partial charge in [0.2, 0.25) is 0 Å². The van der Waals surface area contributed by atoms with E-state index in [4.69, 9.17) is 28.4 Å². The van der Waals surface area contributed by atoms with Crippen LogP contribution in [0.4, 0.5) is 9.59 Å². The standard InChI is InChI=1S/C26H45NO9/c1-11-12-13-32-20-16-31-15-19(22(28)34-18(4)21(20)33-14-17(2)3)27(23(29)35-25(5,6)7)24(30)36-26(8,9)10/h18-21H,2,11-16H2,1,3-10H3/t18-,19-,20-,21-/m0/s1. The van der Waals surface area contributed by atoms with Gasteiger partial charge in [0.05, 0.1) is 19.8 Å². The highest BCUT2D eigenvalue weighted by Gasteiger charge is 2.44. The molecule has 1 saturated heterocycles. The fraction of sp³-hybridized carbons (Fsp3) is 0.808. The molecule has 4 atom stereocenters. The predicted octanol–water partition coefficient (Wildman–Crippen LogP) is 4.64. The molecule has 0 N–H and O–H groups in total. The third-order valence-corrected chi connectivity index (χ3v) is 4.81. The zero-order chi connectivity index (χ0) is 27.7. The van der Waals surface area contributed by atoms with E-state index in [0.29, 0.717) is 11.5 Å². The minimum atomic E-state index is -1.44. The summed E-state index contributed by atoms with van der Waals surface area (Å²) < 4.78 is 34.3. The van der Waals surface area contributed by atoms with Crippen molar-refractivity contribution in [1.29, 1.82) is 0 Å². The highest BCUT2D eigenvalue weighted by atomic mass is 16.6. The second-order valence-electron chi connectivity index (χ2n) is 11.0. The summed E-state index contributed by atoms with van der Waals surface area (Å²) in [5.41, 5.74) is -1.05. The molecule has 0 saturated carbocycles. The third-order valence-electron chi connectivity index (χ3n) is 4.81. The van der Waals surface area contributed by atoms with Gasteiger partial charge in [-0.25, -0.2) is 14.4 Å². The van der Waals surface area contributed by atoms with Crippen molar-refractivity contribution >= 4 is 18.2 Å². The Morgan fingerprint density at radius 3 is 2.06 bits per heavy atom. The molecule has 0 aromatic rings. The number of esters is 1. The zero-order valence-corrected chi connectivity index (χ0v) is 23.4. The van der Waals surface area contributed by atoms with Crippen LogP contribution in [0.2, 0.25) is 0 Å². The van der Waals surface area contributed by atoms with E-state index in [1.54, 1.807) is 48.5 Å². The first-order chi connectivity index (χ1) is 16.6. The molecule has 1 aliphatic heterocycles. The van der Waals surface area contributed by atoms with Crippen LogP contribution in [0.5, 0.6) is 0 Å². The number of nitrogens with zero attached hydrogens (tertiary/aromatic N) is 1. The molecule has 0 bridgehead atoms. The molecule has 0 spiro atoms. The summed E-state index contributed by atoms with van der Waals surface area (Å²) in [5, 5.41) is 0. The quantitative estimate of drug-likeness (QED) is 0.198. The molecule has 36 heavy (non-hydrogen) atoms. The highest BCUT2D eigenvalue weighted by Crippen LogP contribution is 2.22. The lowest BCUT2D eigenvalue weighted by Crippen LogP contribution is -2.54. The Kier molecular flexibility index (Phi) is 12.3. The largest absolute Gasteiger partial charge is 0.458 e. The van der Waals surface area contributed by atoms with Gasteiger partial charge in [-0.1, -0.05) is 25.5 Å². The Hall–Kier alpha value is -2.17. The van der Waals surface area contributed by atoms with Gasteiger partial charge < -0.3 is 28.4 Å². The van der Waals surface area contributed by atoms with Crippen molar-refractivity contribution < 1.29 is 42.8 Å². The van der Waals surface area contributed by atoms with E-state index in [1.807, 2.05) is 6.92 Å². The summed E-state index contributed by atoms with van der Waals surface area (Å²) in [7, 11) is 0. The number of cyclic esters (lactones) is 1. The van der Waals surface area contributed by atoms with Crippen LogP contribution < -0.4 is 0 Å². The zero-order valence-electron chi connectivity index (χ0n) is 23.4. The van der Waals surface area contributed by atoms with Crippen LogP contribution in [0, 0.1) is 0 Å². The van der Waals surface area contributed by atoms with Crippen molar-refractivity contribution in [2.45, 2.75) is 111 Å². The molecule has 1 aliphatic rings. The van der Waals surface area contributed by atoms with E-state index >= 15 is 0 Å². The fourth-order valence-corrected chi connectivity index (χ4v) is 3.22. The first-order valence-corrected chi connectivity index (χ1v) is 12.5. The second kappa shape index (κ2) is 13.9. The van der Waals surface area contributed by atoms with Gasteiger partial charge in [-0.3, -0.25) is 0 Å². The normalized spacial score (nSPS) is 23.5. The SMILES string of the molecule is C=C(C)CO[C@H]1[C@H](C)OC(=O)[C@@H](N(C(=O)OC(C)(C)C)C(=O)OC(C)(C)C)COC[C@@H]1OCCCC. The van der Waals surface area contributed by atoms with Crippen molar-refractivity contribution in [2.75, 3.05) is 26.4 Å². The summed E-state index contributed by atoms with van der Waals surface area (Å²) in [6, 6.07) is -1.44. The number of rotatable bonds is 8. The third kappa shape index (κ3) is 11.3. The maximum absolute atomic E-state index is 13.3. The minimum absolute atomic E-state index is 0.0541. The average molecular weight is 516 g/mol. The van der Waals surface area contributed by atoms with Crippen molar-refractivity contribution in [3.05, 3.63) is 12.2 Å². The molecule has 1 heterocycles. The van der Waals surface area contributed by atoms with Gasteiger partial charge in [-0.2, -0.15) is 4.90 Å². The van der Waals surface area contributed by atoms with Crippen LogP contribution in [-0.4, -0.2) is 85.0 Å². The molecule has 10 heteroatoms. The molecule has 0 aliphatic carbocycles. The highest BCUT2D eigenvalue weighted by molar-refractivity contribution is 5.94. The van der Waals surface area contributed by atoms with Gasteiger partial charge in [0.1, 0.15) is 29.5 Å². The maximum atomic E-state index is 13.3. The van der Waals surface area contributed by atoms with Crippen LogP contribution in [-0.2, 0) is 33.2 Å². The molecule has 0 unspecified atom stereocenters. The lowest BCUT2D eigenvalue weighted by molar-refractivity contribution is -0.168. The van der Waals surface area contributed by atoms with E-state index in [2.05, 4.69) is 13.5 Å². The Labute approximate surface area is 215 Å². The van der Waals surface area contributed by atoms with E-state index < -0.39 is 53.7 Å². The van der Waals surface area contributed by atoms with Crippen LogP contribution in [0.25, 0.3) is 0 Å². The van der Waals surface area contributed by atoms with E-state index in [0.717, 1.165) is 18.4 Å². The topological polar surface area (TPSA) is 110 Å². The Morgan fingerprint density at radius 2 is 1.58 bits per heavy atom. The molecule has 0 radical (unpaired) electrons. The molecule has 208 valence electrons. The number of carbonyl (C=O) groups is 3. The molecule has 0 aromatic carbocycles. The molecule has 1 fully saturated rings. The maximum Gasteiger partial charge on any atom is 0.420 e. The molecule has 0 aromatic heterocycles. The van der Waals surface area contributed by atoms with Crippen molar-refractivity contribution in [3.63, 3.8) is 0 Å². The fourth-order valence-electron chi connectivity index (χ4n) is 3.22. The smallest absolute Gasteiger partial charge is 0.420 e. The Balaban J connectivity index is 3.30. The van der Waals surface area contributed by atoms with Crippen molar-refractivity contribution in [3.8, 4) is 0 Å². The van der Waals surface area contributed by atoms with Gasteiger partial charge in [0.25, 0.3) is 0 Å². The number of carbonyl (C=O) groups excluding carboxylic acids is 3. The average Bonchev–Trinajstić information content (AvgIpc) is 2.74. The van der Waals surface area contributed by atoms with E-state index in [9.17, 15) is 14.4 Å².